The van der Waals surface area contributed by atoms with Gasteiger partial charge in [0, 0.05) is 6.04 Å². The first-order chi connectivity index (χ1) is 11.3. The highest BCUT2D eigenvalue weighted by atomic mass is 16.6. The van der Waals surface area contributed by atoms with Crippen LogP contribution in [0.1, 0.15) is 59.4 Å². The number of amides is 1. The van der Waals surface area contributed by atoms with Gasteiger partial charge in [-0.1, -0.05) is 32.8 Å². The molecule has 4 heteroatoms. The topological polar surface area (TPSA) is 47.6 Å². The average molecular weight is 333 g/mol. The fourth-order valence-electron chi connectivity index (χ4n) is 2.87. The molecule has 0 saturated carbocycles. The van der Waals surface area contributed by atoms with Crippen molar-refractivity contribution in [2.75, 3.05) is 13.2 Å². The molecule has 0 fully saturated rings. The van der Waals surface area contributed by atoms with Crippen molar-refractivity contribution in [3.05, 3.63) is 23.8 Å². The summed E-state index contributed by atoms with van der Waals surface area (Å²) >= 11 is 0. The van der Waals surface area contributed by atoms with Gasteiger partial charge in [-0.25, -0.2) is 0 Å². The van der Waals surface area contributed by atoms with Gasteiger partial charge in [0.2, 0.25) is 5.91 Å². The largest absolute Gasteiger partial charge is 0.486 e. The number of nitrogens with one attached hydrogen (secondary N) is 1. The molecule has 0 aliphatic carbocycles. The van der Waals surface area contributed by atoms with Gasteiger partial charge in [-0.15, -0.1) is 0 Å². The van der Waals surface area contributed by atoms with Crippen molar-refractivity contribution in [1.29, 1.82) is 0 Å². The molecule has 4 nitrogen and oxygen atoms in total. The van der Waals surface area contributed by atoms with Crippen LogP contribution in [0.15, 0.2) is 18.2 Å². The molecule has 1 unspecified atom stereocenters. The molecule has 1 aliphatic heterocycles. The summed E-state index contributed by atoms with van der Waals surface area (Å²) in [5, 5.41) is 3.16. The van der Waals surface area contributed by atoms with Gasteiger partial charge in [0.1, 0.15) is 13.2 Å². The third-order valence-electron chi connectivity index (χ3n) is 4.63. The lowest BCUT2D eigenvalue weighted by atomic mass is 9.83. The molecule has 0 spiro atoms. The first kappa shape index (κ1) is 18.6. The van der Waals surface area contributed by atoms with E-state index < -0.39 is 5.41 Å². The maximum absolute atomic E-state index is 12.8. The van der Waals surface area contributed by atoms with Gasteiger partial charge in [-0.2, -0.15) is 0 Å². The zero-order chi connectivity index (χ0) is 17.7. The van der Waals surface area contributed by atoms with Crippen LogP contribution < -0.4 is 14.8 Å². The molecule has 24 heavy (non-hydrogen) atoms. The van der Waals surface area contributed by atoms with Gasteiger partial charge in [0.15, 0.2) is 11.5 Å². The number of carbonyl (C=O) groups is 1. The average Bonchev–Trinajstić information content (AvgIpc) is 2.53. The highest BCUT2D eigenvalue weighted by Crippen LogP contribution is 2.35. The number of benzene rings is 1. The normalized spacial score (nSPS) is 15.2. The summed E-state index contributed by atoms with van der Waals surface area (Å²) in [5.41, 5.74) is 0.334. The van der Waals surface area contributed by atoms with Crippen molar-refractivity contribution in [3.8, 4) is 11.5 Å². The van der Waals surface area contributed by atoms with Crippen molar-refractivity contribution < 1.29 is 14.3 Å². The summed E-state index contributed by atoms with van der Waals surface area (Å²) in [6.45, 7) is 11.6. The minimum absolute atomic E-state index is 0.0521. The molecule has 0 aromatic heterocycles. The van der Waals surface area contributed by atoms with Crippen molar-refractivity contribution in [2.45, 2.75) is 65.3 Å². The lowest BCUT2D eigenvalue weighted by Gasteiger charge is -2.28. The second-order valence-electron chi connectivity index (χ2n) is 7.68. The van der Waals surface area contributed by atoms with Crippen molar-refractivity contribution in [1.82, 2.24) is 5.32 Å². The molecule has 1 aliphatic rings. The van der Waals surface area contributed by atoms with Crippen molar-refractivity contribution in [2.24, 2.45) is 5.92 Å². The van der Waals surface area contributed by atoms with Crippen LogP contribution in [-0.2, 0) is 10.2 Å². The molecule has 1 aromatic rings. The van der Waals surface area contributed by atoms with E-state index >= 15 is 0 Å². The summed E-state index contributed by atoms with van der Waals surface area (Å²) < 4.78 is 11.2. The van der Waals surface area contributed by atoms with E-state index in [0.717, 1.165) is 29.9 Å². The van der Waals surface area contributed by atoms with Crippen LogP contribution in [0.5, 0.6) is 11.5 Å². The number of carbonyl (C=O) groups excluding carboxylic acids is 1. The fourth-order valence-corrected chi connectivity index (χ4v) is 2.87. The second kappa shape index (κ2) is 7.91. The fraction of sp³-hybridized carbons (Fsp3) is 0.650. The first-order valence-electron chi connectivity index (χ1n) is 9.01. The molecule has 1 atom stereocenters. The van der Waals surface area contributed by atoms with Crippen molar-refractivity contribution in [3.63, 3.8) is 0 Å². The Balaban J connectivity index is 1.99. The van der Waals surface area contributed by atoms with E-state index in [4.69, 9.17) is 9.47 Å². The summed E-state index contributed by atoms with van der Waals surface area (Å²) in [6.07, 6.45) is 3.36. The molecule has 0 saturated heterocycles. The van der Waals surface area contributed by atoms with Crippen LogP contribution >= 0.6 is 0 Å². The standard InChI is InChI=1S/C20H31NO3/c1-14(2)7-6-8-15(3)21-19(22)20(4,5)16-9-10-17-18(13-16)24-12-11-23-17/h9-10,13-15H,6-8,11-12H2,1-5H3,(H,21,22). The molecule has 1 amide bonds. The Morgan fingerprint density at radius 1 is 1.12 bits per heavy atom. The zero-order valence-corrected chi connectivity index (χ0v) is 15.6. The predicted molar refractivity (Wildman–Crippen MR) is 96.8 cm³/mol. The molecule has 134 valence electrons. The van der Waals surface area contributed by atoms with Crippen LogP contribution in [0.2, 0.25) is 0 Å². The predicted octanol–water partition coefficient (Wildman–Crippen LogP) is 4.07. The highest BCUT2D eigenvalue weighted by Gasteiger charge is 2.31. The van der Waals surface area contributed by atoms with Gasteiger partial charge in [0.05, 0.1) is 5.41 Å². The number of hydrogen-bond donors (Lipinski definition) is 1. The van der Waals surface area contributed by atoms with Crippen LogP contribution in [0, 0.1) is 5.92 Å². The summed E-state index contributed by atoms with van der Waals surface area (Å²) in [4.78, 5) is 12.8. The maximum atomic E-state index is 12.8. The lowest BCUT2D eigenvalue weighted by molar-refractivity contribution is -0.126. The third kappa shape index (κ3) is 4.65. The first-order valence-corrected chi connectivity index (χ1v) is 9.01. The Hall–Kier alpha value is -1.71. The van der Waals surface area contributed by atoms with Gasteiger partial charge >= 0.3 is 0 Å². The molecule has 2 rings (SSSR count). The summed E-state index contributed by atoms with van der Waals surface area (Å²) in [7, 11) is 0. The number of rotatable bonds is 7. The van der Waals surface area contributed by atoms with E-state index in [1.165, 1.54) is 6.42 Å². The second-order valence-corrected chi connectivity index (χ2v) is 7.68. The minimum atomic E-state index is -0.609. The molecular formula is C20H31NO3. The number of fused-ring (bicyclic) bond motifs is 1. The lowest BCUT2D eigenvalue weighted by Crippen LogP contribution is -2.44. The van der Waals surface area contributed by atoms with E-state index in [9.17, 15) is 4.79 Å². The SMILES string of the molecule is CC(C)CCCC(C)NC(=O)C(C)(C)c1ccc2c(c1)OCCO2. The van der Waals surface area contributed by atoms with Gasteiger partial charge in [-0.05, 0) is 50.8 Å². The smallest absolute Gasteiger partial charge is 0.230 e. The van der Waals surface area contributed by atoms with Gasteiger partial charge in [0.25, 0.3) is 0 Å². The van der Waals surface area contributed by atoms with Crippen LogP contribution in [0.4, 0.5) is 0 Å². The molecule has 0 radical (unpaired) electrons. The Morgan fingerprint density at radius 3 is 2.46 bits per heavy atom. The Labute approximate surface area is 145 Å². The number of hydrogen-bond acceptors (Lipinski definition) is 3. The van der Waals surface area contributed by atoms with Gasteiger partial charge in [-0.3, -0.25) is 4.79 Å². The molecule has 1 aromatic carbocycles. The van der Waals surface area contributed by atoms with Crippen LogP contribution in [0.3, 0.4) is 0 Å². The molecule has 1 N–H and O–H groups in total. The minimum Gasteiger partial charge on any atom is -0.486 e. The Kier molecular flexibility index (Phi) is 6.14. The van der Waals surface area contributed by atoms with Crippen molar-refractivity contribution >= 4 is 5.91 Å². The highest BCUT2D eigenvalue weighted by molar-refractivity contribution is 5.87. The van der Waals surface area contributed by atoms with E-state index in [1.54, 1.807) is 0 Å². The van der Waals surface area contributed by atoms with E-state index in [0.29, 0.717) is 19.1 Å². The zero-order valence-electron chi connectivity index (χ0n) is 15.6. The molecular weight excluding hydrogens is 302 g/mol. The van der Waals surface area contributed by atoms with Crippen LogP contribution in [-0.4, -0.2) is 25.2 Å². The summed E-state index contributed by atoms with van der Waals surface area (Å²) in [5.74, 6) is 2.24. The quantitative estimate of drug-likeness (QED) is 0.818. The monoisotopic (exact) mass is 333 g/mol. The maximum Gasteiger partial charge on any atom is 0.230 e. The van der Waals surface area contributed by atoms with E-state index in [-0.39, 0.29) is 11.9 Å². The van der Waals surface area contributed by atoms with Crippen LogP contribution in [0.25, 0.3) is 0 Å². The Bertz CT molecular complexity index is 566. The van der Waals surface area contributed by atoms with E-state index in [1.807, 2.05) is 32.0 Å². The third-order valence-corrected chi connectivity index (χ3v) is 4.63. The molecule has 0 bridgehead atoms. The van der Waals surface area contributed by atoms with Gasteiger partial charge < -0.3 is 14.8 Å². The number of ether oxygens (including phenoxy) is 2. The Morgan fingerprint density at radius 2 is 1.79 bits per heavy atom. The van der Waals surface area contributed by atoms with E-state index in [2.05, 4.69) is 26.1 Å². The molecule has 1 heterocycles. The summed E-state index contributed by atoms with van der Waals surface area (Å²) in [6, 6.07) is 5.96.